The molecule has 0 bridgehead atoms. The van der Waals surface area contributed by atoms with Crippen molar-refractivity contribution in [2.24, 2.45) is 0 Å². The minimum absolute atomic E-state index is 0.0401. The lowest BCUT2D eigenvalue weighted by Gasteiger charge is -2.15. The third-order valence-electron chi connectivity index (χ3n) is 3.52. The molecule has 3 rings (SSSR count). The van der Waals surface area contributed by atoms with E-state index >= 15 is 0 Å². The van der Waals surface area contributed by atoms with Crippen LogP contribution in [0.5, 0.6) is 5.75 Å². The van der Waals surface area contributed by atoms with Gasteiger partial charge < -0.3 is 10.1 Å². The van der Waals surface area contributed by atoms with Gasteiger partial charge in [0.1, 0.15) is 5.75 Å². The quantitative estimate of drug-likeness (QED) is 0.846. The lowest BCUT2D eigenvalue weighted by atomic mass is 10.1. The maximum Gasteiger partial charge on any atom is 0.261 e. The van der Waals surface area contributed by atoms with Crippen LogP contribution in [0.3, 0.4) is 0 Å². The highest BCUT2D eigenvalue weighted by atomic mass is 32.2. The second kappa shape index (κ2) is 4.52. The Morgan fingerprint density at radius 3 is 2.79 bits per heavy atom. The topological polar surface area (TPSA) is 72.5 Å². The molecular formula is C13H15NO4S. The van der Waals surface area contributed by atoms with E-state index in [0.717, 1.165) is 11.3 Å². The molecule has 1 amide bonds. The average molecular weight is 281 g/mol. The molecule has 0 radical (unpaired) electrons. The molecule has 2 unspecified atom stereocenters. The van der Waals surface area contributed by atoms with E-state index in [9.17, 15) is 13.2 Å². The molecule has 2 heterocycles. The summed E-state index contributed by atoms with van der Waals surface area (Å²) in [7, 11) is -2.97. The lowest BCUT2D eigenvalue weighted by Crippen LogP contribution is -2.43. The number of amides is 1. The van der Waals surface area contributed by atoms with Gasteiger partial charge in [0, 0.05) is 12.5 Å². The minimum Gasteiger partial charge on any atom is -0.480 e. The van der Waals surface area contributed by atoms with Gasteiger partial charge in [-0.25, -0.2) is 8.42 Å². The molecule has 2 aliphatic heterocycles. The third kappa shape index (κ3) is 2.58. The number of hydrogen-bond acceptors (Lipinski definition) is 4. The van der Waals surface area contributed by atoms with Crippen molar-refractivity contribution >= 4 is 15.7 Å². The van der Waals surface area contributed by atoms with Gasteiger partial charge in [-0.3, -0.25) is 4.79 Å². The largest absolute Gasteiger partial charge is 0.480 e. The van der Waals surface area contributed by atoms with E-state index in [-0.39, 0.29) is 23.5 Å². The number of sulfone groups is 1. The van der Waals surface area contributed by atoms with E-state index in [2.05, 4.69) is 5.32 Å². The third-order valence-corrected chi connectivity index (χ3v) is 5.29. The van der Waals surface area contributed by atoms with Crippen LogP contribution in [0.2, 0.25) is 0 Å². The second-order valence-corrected chi connectivity index (χ2v) is 7.26. The molecule has 1 saturated heterocycles. The molecule has 0 spiro atoms. The van der Waals surface area contributed by atoms with Gasteiger partial charge in [-0.2, -0.15) is 0 Å². The molecule has 1 fully saturated rings. The van der Waals surface area contributed by atoms with E-state index in [1.807, 2.05) is 24.3 Å². The van der Waals surface area contributed by atoms with E-state index in [1.165, 1.54) is 0 Å². The summed E-state index contributed by atoms with van der Waals surface area (Å²) >= 11 is 0. The van der Waals surface area contributed by atoms with Crippen LogP contribution >= 0.6 is 0 Å². The summed E-state index contributed by atoms with van der Waals surface area (Å²) in [4.78, 5) is 12.0. The number of para-hydroxylation sites is 1. The van der Waals surface area contributed by atoms with Crippen molar-refractivity contribution < 1.29 is 17.9 Å². The number of carbonyl (C=O) groups is 1. The van der Waals surface area contributed by atoms with E-state index < -0.39 is 15.9 Å². The van der Waals surface area contributed by atoms with Gasteiger partial charge in [0.2, 0.25) is 0 Å². The first-order chi connectivity index (χ1) is 9.03. The molecule has 0 saturated carbocycles. The SMILES string of the molecule is O=C(NC1CCS(=O)(=O)C1)C1Cc2ccccc2O1. The van der Waals surface area contributed by atoms with Crippen LogP contribution in [-0.2, 0) is 21.1 Å². The van der Waals surface area contributed by atoms with E-state index in [4.69, 9.17) is 4.74 Å². The van der Waals surface area contributed by atoms with Crippen molar-refractivity contribution in [3.05, 3.63) is 29.8 Å². The zero-order valence-electron chi connectivity index (χ0n) is 10.3. The predicted molar refractivity (Wildman–Crippen MR) is 69.8 cm³/mol. The average Bonchev–Trinajstić information content (AvgIpc) is 2.92. The molecule has 19 heavy (non-hydrogen) atoms. The highest BCUT2D eigenvalue weighted by Gasteiger charge is 2.33. The molecule has 2 atom stereocenters. The molecule has 0 aliphatic carbocycles. The summed E-state index contributed by atoms with van der Waals surface area (Å²) in [6, 6.07) is 7.27. The fourth-order valence-corrected chi connectivity index (χ4v) is 4.20. The van der Waals surface area contributed by atoms with Crippen LogP contribution in [0, 0.1) is 0 Å². The van der Waals surface area contributed by atoms with Crippen molar-refractivity contribution in [2.75, 3.05) is 11.5 Å². The number of benzene rings is 1. The molecule has 102 valence electrons. The minimum atomic E-state index is -2.97. The Balaban J connectivity index is 1.62. The van der Waals surface area contributed by atoms with Crippen molar-refractivity contribution in [1.29, 1.82) is 0 Å². The Morgan fingerprint density at radius 2 is 2.11 bits per heavy atom. The Morgan fingerprint density at radius 1 is 1.32 bits per heavy atom. The molecule has 1 aromatic carbocycles. The second-order valence-electron chi connectivity index (χ2n) is 5.03. The number of carbonyl (C=O) groups excluding carboxylic acids is 1. The first-order valence-corrected chi connectivity index (χ1v) is 8.11. The van der Waals surface area contributed by atoms with Crippen molar-refractivity contribution in [3.8, 4) is 5.75 Å². The highest BCUT2D eigenvalue weighted by molar-refractivity contribution is 7.91. The van der Waals surface area contributed by atoms with Crippen LogP contribution in [0.25, 0.3) is 0 Å². The van der Waals surface area contributed by atoms with Gasteiger partial charge in [-0.05, 0) is 18.1 Å². The van der Waals surface area contributed by atoms with Gasteiger partial charge in [0.25, 0.3) is 5.91 Å². The fraction of sp³-hybridized carbons (Fsp3) is 0.462. The standard InChI is InChI=1S/C13H15NO4S/c15-13(14-10-5-6-19(16,17)8-10)12-7-9-3-1-2-4-11(9)18-12/h1-4,10,12H,5-8H2,(H,14,15). The van der Waals surface area contributed by atoms with Crippen LogP contribution in [0.1, 0.15) is 12.0 Å². The molecule has 2 aliphatic rings. The van der Waals surface area contributed by atoms with E-state index in [0.29, 0.717) is 12.8 Å². The smallest absolute Gasteiger partial charge is 0.261 e. The molecule has 5 nitrogen and oxygen atoms in total. The number of ether oxygens (including phenoxy) is 1. The summed E-state index contributed by atoms with van der Waals surface area (Å²) in [5, 5.41) is 2.77. The van der Waals surface area contributed by atoms with E-state index in [1.54, 1.807) is 0 Å². The molecule has 1 N–H and O–H groups in total. The Hall–Kier alpha value is -1.56. The van der Waals surface area contributed by atoms with Gasteiger partial charge in [-0.15, -0.1) is 0 Å². The van der Waals surface area contributed by atoms with Gasteiger partial charge >= 0.3 is 0 Å². The number of hydrogen-bond donors (Lipinski definition) is 1. The zero-order valence-corrected chi connectivity index (χ0v) is 11.2. The maximum absolute atomic E-state index is 12.0. The summed E-state index contributed by atoms with van der Waals surface area (Å²) in [6.45, 7) is 0. The summed E-state index contributed by atoms with van der Waals surface area (Å²) in [5.41, 5.74) is 1.02. The molecule has 6 heteroatoms. The van der Waals surface area contributed by atoms with Gasteiger partial charge in [0.05, 0.1) is 11.5 Å². The molecule has 1 aromatic rings. The summed E-state index contributed by atoms with van der Waals surface area (Å²) in [6.07, 6.45) is 0.496. The Labute approximate surface area is 111 Å². The molecule has 0 aromatic heterocycles. The first-order valence-electron chi connectivity index (χ1n) is 6.29. The molecular weight excluding hydrogens is 266 g/mol. The van der Waals surface area contributed by atoms with Crippen molar-refractivity contribution in [2.45, 2.75) is 25.0 Å². The number of rotatable bonds is 2. The zero-order chi connectivity index (χ0) is 13.5. The van der Waals surface area contributed by atoms with Crippen LogP contribution < -0.4 is 10.1 Å². The van der Waals surface area contributed by atoms with Crippen LogP contribution in [-0.4, -0.2) is 38.0 Å². The number of fused-ring (bicyclic) bond motifs is 1. The number of nitrogens with one attached hydrogen (secondary N) is 1. The van der Waals surface area contributed by atoms with Crippen molar-refractivity contribution in [3.63, 3.8) is 0 Å². The fourth-order valence-electron chi connectivity index (χ4n) is 2.53. The summed E-state index contributed by atoms with van der Waals surface area (Å²) in [5.74, 6) is 0.710. The highest BCUT2D eigenvalue weighted by Crippen LogP contribution is 2.28. The van der Waals surface area contributed by atoms with Crippen molar-refractivity contribution in [1.82, 2.24) is 5.32 Å². The van der Waals surface area contributed by atoms with Crippen LogP contribution in [0.15, 0.2) is 24.3 Å². The lowest BCUT2D eigenvalue weighted by molar-refractivity contribution is -0.127. The van der Waals surface area contributed by atoms with Gasteiger partial charge in [-0.1, -0.05) is 18.2 Å². The first kappa shape index (κ1) is 12.5. The Bertz CT molecular complexity index is 586. The predicted octanol–water partition coefficient (Wildman–Crippen LogP) is 0.293. The maximum atomic E-state index is 12.0. The summed E-state index contributed by atoms with van der Waals surface area (Å²) < 4.78 is 28.2. The monoisotopic (exact) mass is 281 g/mol. The normalized spacial score (nSPS) is 27.6. The van der Waals surface area contributed by atoms with Crippen LogP contribution in [0.4, 0.5) is 0 Å². The van der Waals surface area contributed by atoms with Gasteiger partial charge in [0.15, 0.2) is 15.9 Å². The Kier molecular flexibility index (Phi) is 2.97.